The molecular weight excluding hydrogens is 327 g/mol. The zero-order valence-electron chi connectivity index (χ0n) is 13.3. The van der Waals surface area contributed by atoms with E-state index in [1.54, 1.807) is 34.4 Å². The predicted octanol–water partition coefficient (Wildman–Crippen LogP) is 2.21. The van der Waals surface area contributed by atoms with Crippen LogP contribution in [0.2, 0.25) is 0 Å². The fourth-order valence-corrected chi connectivity index (χ4v) is 4.21. The molecule has 126 valence electrons. The molecule has 2 aliphatic heterocycles. The molecule has 0 spiro atoms. The normalized spacial score (nSPS) is 22.4. The summed E-state index contributed by atoms with van der Waals surface area (Å²) < 4.78 is 14.0. The molecule has 2 fully saturated rings. The summed E-state index contributed by atoms with van der Waals surface area (Å²) in [7, 11) is 0. The van der Waals surface area contributed by atoms with E-state index in [0.717, 1.165) is 37.7 Å². The first-order chi connectivity index (χ1) is 11.7. The lowest BCUT2D eigenvalue weighted by molar-refractivity contribution is -0.121. The third kappa shape index (κ3) is 2.78. The molecule has 24 heavy (non-hydrogen) atoms. The average molecular weight is 346 g/mol. The molecule has 5 nitrogen and oxygen atoms in total. The van der Waals surface area contributed by atoms with Crippen LogP contribution in [0.15, 0.2) is 35.8 Å². The van der Waals surface area contributed by atoms with Crippen LogP contribution in [0, 0.1) is 5.82 Å². The number of rotatable bonds is 3. The molecule has 1 aromatic carbocycles. The Kier molecular flexibility index (Phi) is 4.20. The maximum absolute atomic E-state index is 14.0. The first kappa shape index (κ1) is 15.5. The van der Waals surface area contributed by atoms with Crippen LogP contribution in [0.25, 0.3) is 0 Å². The predicted molar refractivity (Wildman–Crippen MR) is 93.1 cm³/mol. The second-order valence-corrected chi connectivity index (χ2v) is 6.96. The van der Waals surface area contributed by atoms with Crippen molar-refractivity contribution in [2.45, 2.75) is 12.5 Å². The maximum Gasteiger partial charge on any atom is 0.244 e. The molecule has 2 aliphatic rings. The quantitative estimate of drug-likeness (QED) is 0.854. The summed E-state index contributed by atoms with van der Waals surface area (Å²) in [5.41, 5.74) is 0.395. The zero-order chi connectivity index (χ0) is 16.5. The number of halogens is 1. The molecule has 0 unspecified atom stereocenters. The SMILES string of the molecule is O=C1[C@H](N2CCN(c3nccs3)CC2)CCN1c1ccccc1F. The molecule has 0 bridgehead atoms. The molecule has 0 radical (unpaired) electrons. The first-order valence-corrected chi connectivity index (χ1v) is 9.06. The molecule has 0 aliphatic carbocycles. The van der Waals surface area contributed by atoms with Crippen molar-refractivity contribution in [2.24, 2.45) is 0 Å². The Labute approximate surface area is 144 Å². The van der Waals surface area contributed by atoms with Gasteiger partial charge >= 0.3 is 0 Å². The molecule has 2 saturated heterocycles. The minimum atomic E-state index is -0.333. The van der Waals surface area contributed by atoms with E-state index in [1.807, 2.05) is 11.6 Å². The van der Waals surface area contributed by atoms with Crippen molar-refractivity contribution in [1.82, 2.24) is 9.88 Å². The van der Waals surface area contributed by atoms with Gasteiger partial charge in [-0.1, -0.05) is 12.1 Å². The number of carbonyl (C=O) groups excluding carboxylic acids is 1. The number of carbonyl (C=O) groups is 1. The second kappa shape index (κ2) is 6.49. The van der Waals surface area contributed by atoms with Crippen LogP contribution in [-0.4, -0.2) is 54.6 Å². The molecule has 1 aromatic heterocycles. The summed E-state index contributed by atoms with van der Waals surface area (Å²) in [4.78, 5) is 23.2. The highest BCUT2D eigenvalue weighted by Gasteiger charge is 2.38. The van der Waals surface area contributed by atoms with Crippen LogP contribution in [-0.2, 0) is 4.79 Å². The minimum absolute atomic E-state index is 0.0165. The minimum Gasteiger partial charge on any atom is -0.346 e. The van der Waals surface area contributed by atoms with E-state index < -0.39 is 0 Å². The van der Waals surface area contributed by atoms with Gasteiger partial charge in [-0.3, -0.25) is 9.69 Å². The van der Waals surface area contributed by atoms with Gasteiger partial charge in [-0.05, 0) is 18.6 Å². The number of anilines is 2. The van der Waals surface area contributed by atoms with Gasteiger partial charge in [0.05, 0.1) is 11.7 Å². The number of para-hydroxylation sites is 1. The van der Waals surface area contributed by atoms with Crippen molar-refractivity contribution in [2.75, 3.05) is 42.5 Å². The van der Waals surface area contributed by atoms with Crippen molar-refractivity contribution in [3.63, 3.8) is 0 Å². The van der Waals surface area contributed by atoms with Crippen LogP contribution in [0.5, 0.6) is 0 Å². The summed E-state index contributed by atoms with van der Waals surface area (Å²) in [6.45, 7) is 3.99. The lowest BCUT2D eigenvalue weighted by Gasteiger charge is -2.37. The average Bonchev–Trinajstić information content (AvgIpc) is 3.26. The standard InChI is InChI=1S/C17H19FN4OS/c18-13-3-1-2-4-14(13)22-7-5-15(16(22)23)20-8-10-21(11-9-20)17-19-6-12-24-17/h1-4,6,12,15H,5,7-11H2/t15-/m1/s1. The third-order valence-corrected chi connectivity index (χ3v) is 5.60. The van der Waals surface area contributed by atoms with E-state index in [4.69, 9.17) is 0 Å². The molecule has 0 saturated carbocycles. The summed E-state index contributed by atoms with van der Waals surface area (Å²) in [5.74, 6) is -0.317. The van der Waals surface area contributed by atoms with Crippen molar-refractivity contribution >= 4 is 28.1 Å². The maximum atomic E-state index is 14.0. The monoisotopic (exact) mass is 346 g/mol. The molecule has 2 aromatic rings. The van der Waals surface area contributed by atoms with Crippen LogP contribution >= 0.6 is 11.3 Å². The number of piperazine rings is 1. The molecule has 3 heterocycles. The number of aromatic nitrogens is 1. The summed E-state index contributed by atoms with van der Waals surface area (Å²) in [6, 6.07) is 6.36. The third-order valence-electron chi connectivity index (χ3n) is 4.77. The van der Waals surface area contributed by atoms with E-state index in [1.165, 1.54) is 6.07 Å². The van der Waals surface area contributed by atoms with Gasteiger partial charge in [-0.25, -0.2) is 9.37 Å². The summed E-state index contributed by atoms with van der Waals surface area (Å²) >= 11 is 1.64. The van der Waals surface area contributed by atoms with Crippen LogP contribution < -0.4 is 9.80 Å². The largest absolute Gasteiger partial charge is 0.346 e. The van der Waals surface area contributed by atoms with Gasteiger partial charge in [0.1, 0.15) is 5.82 Å². The molecule has 1 amide bonds. The highest BCUT2D eigenvalue weighted by molar-refractivity contribution is 7.13. The van der Waals surface area contributed by atoms with Crippen LogP contribution in [0.4, 0.5) is 15.2 Å². The fourth-order valence-electron chi connectivity index (χ4n) is 3.51. The van der Waals surface area contributed by atoms with Crippen molar-refractivity contribution in [3.8, 4) is 0 Å². The van der Waals surface area contributed by atoms with E-state index in [2.05, 4.69) is 14.8 Å². The van der Waals surface area contributed by atoms with E-state index in [-0.39, 0.29) is 17.8 Å². The van der Waals surface area contributed by atoms with E-state index in [9.17, 15) is 9.18 Å². The highest BCUT2D eigenvalue weighted by atomic mass is 32.1. The summed E-state index contributed by atoms with van der Waals surface area (Å²) in [5, 5.41) is 3.02. The Morgan fingerprint density at radius 2 is 1.92 bits per heavy atom. The first-order valence-electron chi connectivity index (χ1n) is 8.18. The molecule has 4 rings (SSSR count). The lowest BCUT2D eigenvalue weighted by atomic mass is 10.2. The Morgan fingerprint density at radius 3 is 2.62 bits per heavy atom. The molecular formula is C17H19FN4OS. The summed E-state index contributed by atoms with van der Waals surface area (Å²) in [6.07, 6.45) is 2.57. The van der Waals surface area contributed by atoms with Crippen molar-refractivity contribution < 1.29 is 9.18 Å². The van der Waals surface area contributed by atoms with Crippen molar-refractivity contribution in [1.29, 1.82) is 0 Å². The molecule has 1 atom stereocenters. The van der Waals surface area contributed by atoms with Gasteiger partial charge in [0.15, 0.2) is 5.13 Å². The van der Waals surface area contributed by atoms with Crippen LogP contribution in [0.3, 0.4) is 0 Å². The Balaban J connectivity index is 1.42. The second-order valence-electron chi connectivity index (χ2n) is 6.08. The molecule has 7 heteroatoms. The van der Waals surface area contributed by atoms with Gasteiger partial charge in [-0.2, -0.15) is 0 Å². The lowest BCUT2D eigenvalue weighted by Crippen LogP contribution is -2.52. The van der Waals surface area contributed by atoms with Crippen molar-refractivity contribution in [3.05, 3.63) is 41.7 Å². The number of nitrogens with zero attached hydrogens (tertiary/aromatic N) is 4. The highest BCUT2D eigenvalue weighted by Crippen LogP contribution is 2.28. The number of benzene rings is 1. The zero-order valence-corrected chi connectivity index (χ0v) is 14.1. The Bertz CT molecular complexity index is 715. The van der Waals surface area contributed by atoms with E-state index >= 15 is 0 Å². The number of amides is 1. The molecule has 0 N–H and O–H groups in total. The van der Waals surface area contributed by atoms with Gasteiger partial charge in [0.25, 0.3) is 0 Å². The van der Waals surface area contributed by atoms with E-state index in [0.29, 0.717) is 12.2 Å². The van der Waals surface area contributed by atoms with Gasteiger partial charge in [-0.15, -0.1) is 11.3 Å². The number of hydrogen-bond acceptors (Lipinski definition) is 5. The van der Waals surface area contributed by atoms with Gasteiger partial charge in [0, 0.05) is 44.3 Å². The topological polar surface area (TPSA) is 39.7 Å². The van der Waals surface area contributed by atoms with Gasteiger partial charge in [0.2, 0.25) is 5.91 Å². The van der Waals surface area contributed by atoms with Gasteiger partial charge < -0.3 is 9.80 Å². The Hall–Kier alpha value is -1.99. The smallest absolute Gasteiger partial charge is 0.244 e. The number of hydrogen-bond donors (Lipinski definition) is 0. The van der Waals surface area contributed by atoms with Crippen LogP contribution in [0.1, 0.15) is 6.42 Å². The Morgan fingerprint density at radius 1 is 1.12 bits per heavy atom. The number of thiazole rings is 1. The fraction of sp³-hybridized carbons (Fsp3) is 0.412.